The second-order valence-corrected chi connectivity index (χ2v) is 27.5. The van der Waals surface area contributed by atoms with E-state index < -0.39 is 0 Å². The van der Waals surface area contributed by atoms with Gasteiger partial charge in [0.05, 0.1) is 11.4 Å². The Morgan fingerprint density at radius 2 is 0.659 bits per heavy atom. The van der Waals surface area contributed by atoms with Crippen LogP contribution in [0, 0.1) is 0 Å². The third kappa shape index (κ3) is 8.12. The first kappa shape index (κ1) is 50.5. The Morgan fingerprint density at radius 3 is 1.04 bits per heavy atom. The molecular formula is C76H64N2O2S2. The Balaban J connectivity index is 0.830. The maximum absolute atomic E-state index is 7.02. The van der Waals surface area contributed by atoms with Gasteiger partial charge in [0.25, 0.3) is 0 Å². The third-order valence-electron chi connectivity index (χ3n) is 17.2. The van der Waals surface area contributed by atoms with Crippen molar-refractivity contribution in [2.45, 2.75) is 91.9 Å². The molecule has 0 unspecified atom stereocenters. The Kier molecular flexibility index (Phi) is 11.4. The number of fused-ring (bicyclic) bond motifs is 14. The zero-order valence-corrected chi connectivity index (χ0v) is 49.8. The van der Waals surface area contributed by atoms with Gasteiger partial charge in [-0.05, 0) is 152 Å². The fraction of sp³-hybridized carbons (Fsp3) is 0.184. The van der Waals surface area contributed by atoms with E-state index in [0.717, 1.165) is 78.0 Å². The van der Waals surface area contributed by atoms with Gasteiger partial charge in [0.15, 0.2) is 11.2 Å². The van der Waals surface area contributed by atoms with Gasteiger partial charge in [-0.3, -0.25) is 0 Å². The monoisotopic (exact) mass is 1100 g/mol. The van der Waals surface area contributed by atoms with Crippen LogP contribution < -0.4 is 9.80 Å². The topological polar surface area (TPSA) is 32.8 Å². The number of hydrogen-bond donors (Lipinski definition) is 0. The number of thiophene rings is 2. The van der Waals surface area contributed by atoms with Gasteiger partial charge in [-0.2, -0.15) is 0 Å². The zero-order valence-electron chi connectivity index (χ0n) is 48.2. The average molecular weight is 1100 g/mol. The molecule has 0 N–H and O–H groups in total. The summed E-state index contributed by atoms with van der Waals surface area (Å²) in [6.07, 6.45) is 0. The molecule has 0 spiro atoms. The molecule has 0 aliphatic carbocycles. The molecule has 402 valence electrons. The van der Waals surface area contributed by atoms with Crippen LogP contribution in [0.4, 0.5) is 34.1 Å². The quantitative estimate of drug-likeness (QED) is 0.152. The summed E-state index contributed by atoms with van der Waals surface area (Å²) in [6, 6.07) is 72.9. The molecule has 82 heavy (non-hydrogen) atoms. The smallest absolute Gasteiger partial charge is 0.159 e. The van der Waals surface area contributed by atoms with Crippen molar-refractivity contribution in [2.24, 2.45) is 0 Å². The lowest BCUT2D eigenvalue weighted by Crippen LogP contribution is -2.11. The van der Waals surface area contributed by atoms with Crippen molar-refractivity contribution in [3.8, 4) is 0 Å². The summed E-state index contributed by atoms with van der Waals surface area (Å²) in [4.78, 5) is 4.77. The molecule has 0 amide bonds. The van der Waals surface area contributed by atoms with Gasteiger partial charge in [-0.25, -0.2) is 0 Å². The lowest BCUT2D eigenvalue weighted by atomic mass is 9.86. The second-order valence-electron chi connectivity index (χ2n) is 25.3. The summed E-state index contributed by atoms with van der Waals surface area (Å²) in [7, 11) is 0. The Morgan fingerprint density at radius 1 is 0.317 bits per heavy atom. The minimum atomic E-state index is -0.0712. The van der Waals surface area contributed by atoms with Crippen LogP contribution in [0.1, 0.15) is 103 Å². The maximum Gasteiger partial charge on any atom is 0.159 e. The van der Waals surface area contributed by atoms with Crippen molar-refractivity contribution < 1.29 is 8.83 Å². The molecule has 6 heteroatoms. The molecule has 0 saturated heterocycles. The number of furan rings is 2. The molecule has 0 aliphatic rings. The number of nitrogens with zero attached hydrogens (tertiary/aromatic N) is 2. The molecule has 15 rings (SSSR count). The van der Waals surface area contributed by atoms with E-state index in [1.54, 1.807) is 0 Å². The van der Waals surface area contributed by atoms with Crippen LogP contribution in [0.3, 0.4) is 0 Å². The number of rotatable bonds is 8. The lowest BCUT2D eigenvalue weighted by molar-refractivity contribution is 0.572. The summed E-state index contributed by atoms with van der Waals surface area (Å²) in [5, 5.41) is 14.6. The molecule has 4 heterocycles. The highest BCUT2D eigenvalue weighted by Crippen LogP contribution is 2.49. The van der Waals surface area contributed by atoms with E-state index in [9.17, 15) is 0 Å². The molecule has 4 aromatic heterocycles. The van der Waals surface area contributed by atoms with E-state index in [4.69, 9.17) is 8.83 Å². The zero-order chi connectivity index (χ0) is 56.1. The van der Waals surface area contributed by atoms with Gasteiger partial charge in [0.2, 0.25) is 0 Å². The molecule has 0 fully saturated rings. The first-order chi connectivity index (χ1) is 39.5. The normalized spacial score (nSPS) is 12.7. The minimum Gasteiger partial charge on any atom is -0.454 e. The number of anilines is 6. The van der Waals surface area contributed by atoms with E-state index in [2.05, 4.69) is 273 Å². The van der Waals surface area contributed by atoms with Crippen LogP contribution in [0.5, 0.6) is 0 Å². The summed E-state index contributed by atoms with van der Waals surface area (Å²) in [5.41, 5.74) is 15.0. The first-order valence-corrected chi connectivity index (χ1v) is 30.6. The molecule has 15 aromatic rings. The number of benzene rings is 11. The minimum absolute atomic E-state index is 0.0712. The third-order valence-corrected chi connectivity index (χ3v) is 19.4. The largest absolute Gasteiger partial charge is 0.454 e. The van der Waals surface area contributed by atoms with Crippen molar-refractivity contribution in [1.29, 1.82) is 0 Å². The molecule has 0 bridgehead atoms. The second kappa shape index (κ2) is 18.6. The van der Waals surface area contributed by atoms with Crippen molar-refractivity contribution >= 4 is 163 Å². The predicted octanol–water partition coefficient (Wildman–Crippen LogP) is 24.3. The number of hydrogen-bond acceptors (Lipinski definition) is 6. The highest BCUT2D eigenvalue weighted by atomic mass is 32.1. The van der Waals surface area contributed by atoms with Gasteiger partial charge >= 0.3 is 0 Å². The van der Waals surface area contributed by atoms with E-state index in [1.165, 1.54) is 84.1 Å². The Bertz CT molecular complexity index is 4750. The summed E-state index contributed by atoms with van der Waals surface area (Å²) in [6.45, 7) is 22.6. The molecule has 0 saturated carbocycles. The van der Waals surface area contributed by atoms with Crippen molar-refractivity contribution in [3.63, 3.8) is 0 Å². The highest BCUT2D eigenvalue weighted by Gasteiger charge is 2.27. The Hall–Kier alpha value is -8.42. The standard InChI is InChI=1S/C76H64N2O2S2/c1-43(2)45-23-29-51(30-24-45)77(65-21-13-17-57-55-15-11-19-63(75(5,6)7)71(55)79-73(57)65)53-33-27-47-37-59-61-41-70-62(42-69(61)81-67(59)39-49(47)35-53)60-38-48-28-34-54(36-50(48)40-68(60)82-70)78(52-31-25-46(26-32-52)44(3)4)66-22-14-18-58-56-16-12-20-64(76(8,9)10)72(56)80-74(58)66/h11-44H,1-10H3. The van der Waals surface area contributed by atoms with Gasteiger partial charge < -0.3 is 18.6 Å². The van der Waals surface area contributed by atoms with E-state index in [-0.39, 0.29) is 10.8 Å². The predicted molar refractivity (Wildman–Crippen MR) is 357 cm³/mol. The van der Waals surface area contributed by atoms with Crippen LogP contribution >= 0.6 is 22.7 Å². The molecule has 4 nitrogen and oxygen atoms in total. The van der Waals surface area contributed by atoms with Crippen molar-refractivity contribution in [1.82, 2.24) is 0 Å². The van der Waals surface area contributed by atoms with Crippen LogP contribution in [0.15, 0.2) is 203 Å². The van der Waals surface area contributed by atoms with Gasteiger partial charge in [-0.1, -0.05) is 166 Å². The molecule has 0 aliphatic heterocycles. The first-order valence-electron chi connectivity index (χ1n) is 28.9. The molecule has 11 aromatic carbocycles. The highest BCUT2D eigenvalue weighted by molar-refractivity contribution is 7.27. The lowest BCUT2D eigenvalue weighted by Gasteiger charge is -2.26. The average Bonchev–Trinajstić information content (AvgIpc) is 2.48. The summed E-state index contributed by atoms with van der Waals surface area (Å²) in [5.74, 6) is 0.864. The van der Waals surface area contributed by atoms with E-state index >= 15 is 0 Å². The maximum atomic E-state index is 7.02. The van der Waals surface area contributed by atoms with Gasteiger partial charge in [0.1, 0.15) is 11.2 Å². The van der Waals surface area contributed by atoms with Gasteiger partial charge in [0, 0.05) is 95.8 Å². The van der Waals surface area contributed by atoms with E-state index in [0.29, 0.717) is 11.8 Å². The summed E-state index contributed by atoms with van der Waals surface area (Å²) >= 11 is 3.79. The molecule has 0 atom stereocenters. The van der Waals surface area contributed by atoms with Crippen LogP contribution in [0.2, 0.25) is 0 Å². The fourth-order valence-corrected chi connectivity index (χ4v) is 15.1. The van der Waals surface area contributed by atoms with Crippen LogP contribution in [-0.4, -0.2) is 0 Å². The Labute approximate surface area is 486 Å². The van der Waals surface area contributed by atoms with Crippen molar-refractivity contribution in [3.05, 3.63) is 216 Å². The number of para-hydroxylation sites is 4. The van der Waals surface area contributed by atoms with Crippen LogP contribution in [0.25, 0.3) is 106 Å². The molecular weight excluding hydrogens is 1040 g/mol. The molecule has 0 radical (unpaired) electrons. The van der Waals surface area contributed by atoms with Gasteiger partial charge in [-0.15, -0.1) is 22.7 Å². The fourth-order valence-electron chi connectivity index (χ4n) is 12.8. The van der Waals surface area contributed by atoms with Crippen molar-refractivity contribution in [2.75, 3.05) is 9.80 Å². The summed E-state index contributed by atoms with van der Waals surface area (Å²) < 4.78 is 19.2. The SMILES string of the molecule is CC(C)c1ccc(N(c2ccc3cc4c(cc3c2)sc2cc3c(cc24)sc2cc4cc(N(c5ccc(C(C)C)cc5)c5cccc6c5oc5c(C(C)(C)C)cccc56)ccc4cc23)c2cccc3c2oc2c(C(C)(C)C)cccc23)cc1. The van der Waals surface area contributed by atoms with E-state index in [1.807, 2.05) is 22.7 Å². The van der Waals surface area contributed by atoms with Crippen LogP contribution in [-0.2, 0) is 10.8 Å².